The smallest absolute Gasteiger partial charge is 0.0117 e. The number of hydrogen-bond donors (Lipinski definition) is 1. The maximum Gasteiger partial charge on any atom is 0.0117 e. The average molecular weight is 269 g/mol. The molecule has 0 aromatic rings. The van der Waals surface area contributed by atoms with Crippen LogP contribution in [0.25, 0.3) is 0 Å². The Morgan fingerprint density at radius 1 is 1.16 bits per heavy atom. The van der Waals surface area contributed by atoms with E-state index < -0.39 is 0 Å². The zero-order chi connectivity index (χ0) is 14.3. The van der Waals surface area contributed by atoms with Gasteiger partial charge in [0.05, 0.1) is 0 Å². The number of hydrogen-bond acceptors (Lipinski definition) is 3. The van der Waals surface area contributed by atoms with Gasteiger partial charge in [-0.25, -0.2) is 0 Å². The van der Waals surface area contributed by atoms with Gasteiger partial charge in [0.1, 0.15) is 0 Å². The van der Waals surface area contributed by atoms with Crippen LogP contribution in [0.15, 0.2) is 0 Å². The van der Waals surface area contributed by atoms with E-state index in [-0.39, 0.29) is 0 Å². The highest BCUT2D eigenvalue weighted by Gasteiger charge is 2.21. The van der Waals surface area contributed by atoms with Crippen molar-refractivity contribution < 1.29 is 0 Å². The second-order valence-corrected chi connectivity index (χ2v) is 7.21. The summed E-state index contributed by atoms with van der Waals surface area (Å²) in [5.74, 6) is 0. The number of likely N-dealkylation sites (tertiary alicyclic amines) is 1. The van der Waals surface area contributed by atoms with Crippen LogP contribution in [-0.2, 0) is 0 Å². The van der Waals surface area contributed by atoms with E-state index in [1.54, 1.807) is 0 Å². The van der Waals surface area contributed by atoms with Crippen molar-refractivity contribution in [3.8, 4) is 0 Å². The highest BCUT2D eigenvalue weighted by Crippen LogP contribution is 2.17. The Morgan fingerprint density at radius 2 is 1.79 bits per heavy atom. The molecule has 0 saturated carbocycles. The van der Waals surface area contributed by atoms with E-state index in [2.05, 4.69) is 49.9 Å². The normalized spacial score (nSPS) is 19.3. The van der Waals surface area contributed by atoms with Crippen LogP contribution in [-0.4, -0.2) is 62.2 Å². The molecule has 1 fully saturated rings. The number of likely N-dealkylation sites (N-methyl/N-ethyl adjacent to an activating group) is 1. The van der Waals surface area contributed by atoms with Crippen molar-refractivity contribution in [2.24, 2.45) is 5.41 Å². The average Bonchev–Trinajstić information content (AvgIpc) is 2.37. The molecule has 0 bridgehead atoms. The molecule has 19 heavy (non-hydrogen) atoms. The molecule has 114 valence electrons. The van der Waals surface area contributed by atoms with E-state index in [9.17, 15) is 0 Å². The standard InChI is InChI=1S/C16H35N3/c1-6-19-12-7-15(8-13-19)18(5)14-11-17-10-9-16(2,3)4/h15,17H,6-14H2,1-5H3. The SMILES string of the molecule is CCN1CCC(N(C)CCNCCC(C)(C)C)CC1. The van der Waals surface area contributed by atoms with Crippen molar-refractivity contribution in [1.82, 2.24) is 15.1 Å². The van der Waals surface area contributed by atoms with E-state index in [4.69, 9.17) is 0 Å². The zero-order valence-corrected chi connectivity index (χ0v) is 13.8. The van der Waals surface area contributed by atoms with Crippen molar-refractivity contribution in [3.05, 3.63) is 0 Å². The Morgan fingerprint density at radius 3 is 2.32 bits per heavy atom. The van der Waals surface area contributed by atoms with Crippen LogP contribution < -0.4 is 5.32 Å². The highest BCUT2D eigenvalue weighted by atomic mass is 15.2. The van der Waals surface area contributed by atoms with E-state index in [1.807, 2.05) is 0 Å². The molecular weight excluding hydrogens is 234 g/mol. The van der Waals surface area contributed by atoms with Gasteiger partial charge in [0, 0.05) is 19.1 Å². The fourth-order valence-electron chi connectivity index (χ4n) is 2.70. The van der Waals surface area contributed by atoms with Gasteiger partial charge >= 0.3 is 0 Å². The Labute approximate surface area is 120 Å². The minimum absolute atomic E-state index is 0.450. The fourth-order valence-corrected chi connectivity index (χ4v) is 2.70. The Bertz CT molecular complexity index is 227. The first kappa shape index (κ1) is 16.9. The Hall–Kier alpha value is -0.120. The summed E-state index contributed by atoms with van der Waals surface area (Å²) in [6.07, 6.45) is 3.93. The second kappa shape index (κ2) is 8.23. The lowest BCUT2D eigenvalue weighted by Crippen LogP contribution is -2.45. The van der Waals surface area contributed by atoms with E-state index in [0.717, 1.165) is 19.1 Å². The summed E-state index contributed by atoms with van der Waals surface area (Å²) in [6, 6.07) is 0.798. The van der Waals surface area contributed by atoms with Gasteiger partial charge in [-0.1, -0.05) is 27.7 Å². The first-order valence-corrected chi connectivity index (χ1v) is 8.05. The lowest BCUT2D eigenvalue weighted by atomic mass is 9.92. The molecule has 0 aliphatic carbocycles. The van der Waals surface area contributed by atoms with Crippen LogP contribution in [0, 0.1) is 5.41 Å². The van der Waals surface area contributed by atoms with Gasteiger partial charge in [-0.05, 0) is 57.9 Å². The van der Waals surface area contributed by atoms with Crippen molar-refractivity contribution in [2.45, 2.75) is 53.0 Å². The molecule has 0 atom stereocenters. The largest absolute Gasteiger partial charge is 0.315 e. The van der Waals surface area contributed by atoms with E-state index in [1.165, 1.54) is 45.4 Å². The quantitative estimate of drug-likeness (QED) is 0.716. The summed E-state index contributed by atoms with van der Waals surface area (Å²) in [7, 11) is 2.29. The summed E-state index contributed by atoms with van der Waals surface area (Å²) < 4.78 is 0. The predicted octanol–water partition coefficient (Wildman–Crippen LogP) is 2.43. The first-order valence-electron chi connectivity index (χ1n) is 8.05. The summed E-state index contributed by atoms with van der Waals surface area (Å²) in [6.45, 7) is 16.4. The maximum absolute atomic E-state index is 3.58. The van der Waals surface area contributed by atoms with Crippen molar-refractivity contribution in [1.29, 1.82) is 0 Å². The van der Waals surface area contributed by atoms with Gasteiger partial charge in [0.2, 0.25) is 0 Å². The summed E-state index contributed by atoms with van der Waals surface area (Å²) >= 11 is 0. The maximum atomic E-state index is 3.58. The monoisotopic (exact) mass is 269 g/mol. The van der Waals surface area contributed by atoms with Crippen LogP contribution >= 0.6 is 0 Å². The molecule has 3 heteroatoms. The molecule has 1 aliphatic rings. The van der Waals surface area contributed by atoms with Crippen LogP contribution in [0.5, 0.6) is 0 Å². The van der Waals surface area contributed by atoms with E-state index >= 15 is 0 Å². The zero-order valence-electron chi connectivity index (χ0n) is 13.8. The third-order valence-electron chi connectivity index (χ3n) is 4.32. The summed E-state index contributed by atoms with van der Waals surface area (Å²) in [5.41, 5.74) is 0.450. The molecule has 0 aromatic heterocycles. The van der Waals surface area contributed by atoms with E-state index in [0.29, 0.717) is 5.41 Å². The molecule has 1 saturated heterocycles. The topological polar surface area (TPSA) is 18.5 Å². The molecule has 0 radical (unpaired) electrons. The summed E-state index contributed by atoms with van der Waals surface area (Å²) in [4.78, 5) is 5.11. The number of nitrogens with zero attached hydrogens (tertiary/aromatic N) is 2. The van der Waals surface area contributed by atoms with Gasteiger partial charge in [-0.15, -0.1) is 0 Å². The minimum Gasteiger partial charge on any atom is -0.315 e. The van der Waals surface area contributed by atoms with Crippen LogP contribution in [0.3, 0.4) is 0 Å². The molecule has 0 unspecified atom stereocenters. The van der Waals surface area contributed by atoms with Gasteiger partial charge in [0.25, 0.3) is 0 Å². The molecule has 1 N–H and O–H groups in total. The van der Waals surface area contributed by atoms with Crippen molar-refractivity contribution in [2.75, 3.05) is 46.3 Å². The van der Waals surface area contributed by atoms with Gasteiger partial charge < -0.3 is 15.1 Å². The van der Waals surface area contributed by atoms with Crippen LogP contribution in [0.1, 0.15) is 47.0 Å². The molecule has 1 heterocycles. The molecule has 0 spiro atoms. The van der Waals surface area contributed by atoms with Gasteiger partial charge in [0.15, 0.2) is 0 Å². The second-order valence-electron chi connectivity index (χ2n) is 7.21. The lowest BCUT2D eigenvalue weighted by molar-refractivity contribution is 0.132. The number of nitrogens with one attached hydrogen (secondary N) is 1. The highest BCUT2D eigenvalue weighted by molar-refractivity contribution is 4.78. The fraction of sp³-hybridized carbons (Fsp3) is 1.00. The third-order valence-corrected chi connectivity index (χ3v) is 4.32. The first-order chi connectivity index (χ1) is 8.92. The number of piperidine rings is 1. The third kappa shape index (κ3) is 7.28. The molecule has 0 amide bonds. The number of rotatable bonds is 7. The minimum atomic E-state index is 0.450. The molecular formula is C16H35N3. The molecule has 0 aromatic carbocycles. The molecule has 1 aliphatic heterocycles. The Balaban J connectivity index is 2.06. The summed E-state index contributed by atoms with van der Waals surface area (Å²) in [5, 5.41) is 3.58. The van der Waals surface area contributed by atoms with Crippen LogP contribution in [0.4, 0.5) is 0 Å². The molecule has 3 nitrogen and oxygen atoms in total. The predicted molar refractivity (Wildman–Crippen MR) is 84.7 cm³/mol. The van der Waals surface area contributed by atoms with Gasteiger partial charge in [-0.3, -0.25) is 0 Å². The lowest BCUT2D eigenvalue weighted by Gasteiger charge is -2.36. The van der Waals surface area contributed by atoms with Crippen molar-refractivity contribution >= 4 is 0 Å². The van der Waals surface area contributed by atoms with Gasteiger partial charge in [-0.2, -0.15) is 0 Å². The Kier molecular flexibility index (Phi) is 7.33. The van der Waals surface area contributed by atoms with Crippen molar-refractivity contribution in [3.63, 3.8) is 0 Å². The van der Waals surface area contributed by atoms with Crippen LogP contribution in [0.2, 0.25) is 0 Å². The molecule has 1 rings (SSSR count).